The van der Waals surface area contributed by atoms with Crippen LogP contribution in [0.2, 0.25) is 4.34 Å². The number of nitrogens with zero attached hydrogens (tertiary/aromatic N) is 1. The van der Waals surface area contributed by atoms with Gasteiger partial charge in [-0.25, -0.2) is 0 Å². The number of hydrogen-bond acceptors (Lipinski definition) is 6. The van der Waals surface area contributed by atoms with Crippen molar-refractivity contribution in [3.05, 3.63) is 39.5 Å². The van der Waals surface area contributed by atoms with Crippen molar-refractivity contribution in [2.75, 3.05) is 18.5 Å². The first-order valence-corrected chi connectivity index (χ1v) is 8.58. The molecule has 0 bridgehead atoms. The second-order valence-corrected chi connectivity index (χ2v) is 6.97. The fourth-order valence-electron chi connectivity index (χ4n) is 2.52. The molecule has 2 aliphatic heterocycles. The zero-order valence-electron chi connectivity index (χ0n) is 12.5. The number of fused-ring (bicyclic) bond motifs is 1. The van der Waals surface area contributed by atoms with Crippen molar-refractivity contribution in [2.45, 2.75) is 12.5 Å². The van der Waals surface area contributed by atoms with Gasteiger partial charge >= 0.3 is 0 Å². The minimum atomic E-state index is -0.679. The van der Waals surface area contributed by atoms with Gasteiger partial charge in [0.1, 0.15) is 18.9 Å². The number of thiophene rings is 1. The SMILES string of the molecule is O=C(Nc1cccc2c1OCCO2)[C@H]1CC(c2ccc(Cl)s2)=NO1. The lowest BCUT2D eigenvalue weighted by Gasteiger charge is -2.21. The summed E-state index contributed by atoms with van der Waals surface area (Å²) in [7, 11) is 0. The van der Waals surface area contributed by atoms with E-state index in [2.05, 4.69) is 10.5 Å². The Hall–Kier alpha value is -2.25. The number of para-hydroxylation sites is 1. The lowest BCUT2D eigenvalue weighted by Crippen LogP contribution is -2.28. The highest BCUT2D eigenvalue weighted by molar-refractivity contribution is 7.18. The Kier molecular flexibility index (Phi) is 4.03. The first kappa shape index (κ1) is 15.3. The maximum absolute atomic E-state index is 12.5. The van der Waals surface area contributed by atoms with Gasteiger partial charge < -0.3 is 19.6 Å². The molecule has 0 radical (unpaired) electrons. The minimum absolute atomic E-state index is 0.279. The highest BCUT2D eigenvalue weighted by Gasteiger charge is 2.30. The predicted molar refractivity (Wildman–Crippen MR) is 91.4 cm³/mol. The quantitative estimate of drug-likeness (QED) is 0.907. The van der Waals surface area contributed by atoms with Crippen molar-refractivity contribution in [2.24, 2.45) is 5.16 Å². The van der Waals surface area contributed by atoms with E-state index in [0.29, 0.717) is 41.2 Å². The highest BCUT2D eigenvalue weighted by atomic mass is 35.5. The molecule has 0 fully saturated rings. The van der Waals surface area contributed by atoms with Crippen LogP contribution in [0.25, 0.3) is 0 Å². The number of halogens is 1. The summed E-state index contributed by atoms with van der Waals surface area (Å²) < 4.78 is 11.8. The lowest BCUT2D eigenvalue weighted by molar-refractivity contribution is -0.125. The smallest absolute Gasteiger partial charge is 0.268 e. The van der Waals surface area contributed by atoms with Gasteiger partial charge in [-0.3, -0.25) is 4.79 Å². The molecule has 1 atom stereocenters. The third kappa shape index (κ3) is 2.92. The number of amides is 1. The molecule has 1 N–H and O–H groups in total. The Morgan fingerprint density at radius 1 is 1.25 bits per heavy atom. The second kappa shape index (κ2) is 6.33. The zero-order valence-corrected chi connectivity index (χ0v) is 14.0. The highest BCUT2D eigenvalue weighted by Crippen LogP contribution is 2.37. The van der Waals surface area contributed by atoms with Crippen LogP contribution >= 0.6 is 22.9 Å². The maximum atomic E-state index is 12.5. The summed E-state index contributed by atoms with van der Waals surface area (Å²) in [5, 5.41) is 6.83. The number of ether oxygens (including phenoxy) is 2. The van der Waals surface area contributed by atoms with Gasteiger partial charge in [0.05, 0.1) is 14.9 Å². The molecule has 3 heterocycles. The van der Waals surface area contributed by atoms with E-state index in [9.17, 15) is 4.79 Å². The molecule has 6 nitrogen and oxygen atoms in total. The van der Waals surface area contributed by atoms with E-state index in [-0.39, 0.29) is 5.91 Å². The molecule has 1 amide bonds. The third-order valence-electron chi connectivity index (χ3n) is 3.64. The Bertz CT molecular complexity index is 820. The van der Waals surface area contributed by atoms with Gasteiger partial charge in [-0.2, -0.15) is 0 Å². The molecule has 0 aliphatic carbocycles. The summed E-state index contributed by atoms with van der Waals surface area (Å²) >= 11 is 7.34. The van der Waals surface area contributed by atoms with Crippen molar-refractivity contribution in [1.29, 1.82) is 0 Å². The average Bonchev–Trinajstić information content (AvgIpc) is 3.24. The minimum Gasteiger partial charge on any atom is -0.486 e. The molecule has 8 heteroatoms. The van der Waals surface area contributed by atoms with E-state index in [4.69, 9.17) is 25.9 Å². The van der Waals surface area contributed by atoms with Crippen LogP contribution in [-0.4, -0.2) is 30.9 Å². The number of benzene rings is 1. The molecule has 24 heavy (non-hydrogen) atoms. The normalized spacial score (nSPS) is 18.7. The van der Waals surface area contributed by atoms with Crippen molar-refractivity contribution in [1.82, 2.24) is 0 Å². The van der Waals surface area contributed by atoms with E-state index in [0.717, 1.165) is 10.6 Å². The van der Waals surface area contributed by atoms with E-state index in [1.165, 1.54) is 11.3 Å². The molecule has 2 aromatic rings. The summed E-state index contributed by atoms with van der Waals surface area (Å²) in [5.74, 6) is 0.886. The van der Waals surface area contributed by atoms with E-state index >= 15 is 0 Å². The zero-order chi connectivity index (χ0) is 16.5. The summed E-state index contributed by atoms with van der Waals surface area (Å²) in [5.41, 5.74) is 1.29. The summed E-state index contributed by atoms with van der Waals surface area (Å²) in [6.07, 6.45) is -0.282. The largest absolute Gasteiger partial charge is 0.486 e. The number of hydrogen-bond donors (Lipinski definition) is 1. The van der Waals surface area contributed by atoms with Gasteiger partial charge in [0.15, 0.2) is 11.5 Å². The predicted octanol–water partition coefficient (Wildman–Crippen LogP) is 3.30. The monoisotopic (exact) mass is 364 g/mol. The van der Waals surface area contributed by atoms with Crippen molar-refractivity contribution in [3.63, 3.8) is 0 Å². The number of nitrogens with one attached hydrogen (secondary N) is 1. The van der Waals surface area contributed by atoms with Crippen LogP contribution in [0.1, 0.15) is 11.3 Å². The molecule has 0 unspecified atom stereocenters. The van der Waals surface area contributed by atoms with Crippen LogP contribution in [0, 0.1) is 0 Å². The van der Waals surface area contributed by atoms with Crippen molar-refractivity contribution >= 4 is 40.2 Å². The van der Waals surface area contributed by atoms with Crippen LogP contribution in [0.3, 0.4) is 0 Å². The summed E-state index contributed by atoms with van der Waals surface area (Å²) in [6.45, 7) is 0.947. The summed E-state index contributed by atoms with van der Waals surface area (Å²) in [6, 6.07) is 9.03. The fourth-order valence-corrected chi connectivity index (χ4v) is 3.55. The molecule has 2 aliphatic rings. The van der Waals surface area contributed by atoms with Crippen LogP contribution in [0.4, 0.5) is 5.69 Å². The molecule has 0 saturated heterocycles. The topological polar surface area (TPSA) is 69.2 Å². The first-order valence-electron chi connectivity index (χ1n) is 7.38. The van der Waals surface area contributed by atoms with Gasteiger partial charge in [-0.15, -0.1) is 11.3 Å². The Balaban J connectivity index is 1.45. The molecule has 4 rings (SSSR count). The third-order valence-corrected chi connectivity index (χ3v) is 4.92. The van der Waals surface area contributed by atoms with Crippen LogP contribution in [0.15, 0.2) is 35.5 Å². The number of oxime groups is 1. The Labute approximate surface area is 147 Å². The van der Waals surface area contributed by atoms with Gasteiger partial charge in [-0.05, 0) is 24.3 Å². The first-order chi connectivity index (χ1) is 11.7. The molecule has 1 aromatic heterocycles. The molecular weight excluding hydrogens is 352 g/mol. The second-order valence-electron chi connectivity index (χ2n) is 5.26. The van der Waals surface area contributed by atoms with E-state index in [1.807, 2.05) is 6.07 Å². The number of anilines is 1. The Morgan fingerprint density at radius 2 is 2.12 bits per heavy atom. The van der Waals surface area contributed by atoms with Gasteiger partial charge in [-0.1, -0.05) is 22.8 Å². The maximum Gasteiger partial charge on any atom is 0.268 e. The van der Waals surface area contributed by atoms with E-state index in [1.54, 1.807) is 24.3 Å². The molecule has 1 aromatic carbocycles. The number of rotatable bonds is 3. The van der Waals surface area contributed by atoms with Gasteiger partial charge in [0, 0.05) is 6.42 Å². The lowest BCUT2D eigenvalue weighted by atomic mass is 10.1. The van der Waals surface area contributed by atoms with Crippen LogP contribution < -0.4 is 14.8 Å². The molecule has 0 saturated carbocycles. The average molecular weight is 365 g/mol. The summed E-state index contributed by atoms with van der Waals surface area (Å²) in [4.78, 5) is 18.6. The van der Waals surface area contributed by atoms with E-state index < -0.39 is 6.10 Å². The fraction of sp³-hybridized carbons (Fsp3) is 0.250. The molecular formula is C16H13ClN2O4S. The van der Waals surface area contributed by atoms with Crippen LogP contribution in [-0.2, 0) is 9.63 Å². The standard InChI is InChI=1S/C16H13ClN2O4S/c17-14-5-4-13(24-14)10-8-12(23-19-10)16(20)18-9-2-1-3-11-15(9)22-7-6-21-11/h1-5,12H,6-8H2,(H,18,20)/t12-/m1/s1. The van der Waals surface area contributed by atoms with Crippen LogP contribution in [0.5, 0.6) is 11.5 Å². The van der Waals surface area contributed by atoms with Gasteiger partial charge in [0.25, 0.3) is 5.91 Å². The molecule has 0 spiro atoms. The number of carbonyl (C=O) groups excluding carboxylic acids is 1. The van der Waals surface area contributed by atoms with Crippen molar-refractivity contribution in [3.8, 4) is 11.5 Å². The van der Waals surface area contributed by atoms with Crippen molar-refractivity contribution < 1.29 is 19.1 Å². The molecule has 124 valence electrons. The number of carbonyl (C=O) groups is 1. The van der Waals surface area contributed by atoms with Gasteiger partial charge in [0.2, 0.25) is 6.10 Å². The Morgan fingerprint density at radius 3 is 2.96 bits per heavy atom.